The summed E-state index contributed by atoms with van der Waals surface area (Å²) in [6.07, 6.45) is 0.0661. The zero-order chi connectivity index (χ0) is 12.4. The van der Waals surface area contributed by atoms with Crippen LogP contribution in [0, 0.1) is 0 Å². The number of aromatic amines is 1. The first-order chi connectivity index (χ1) is 8.10. The molecule has 0 saturated heterocycles. The number of carbonyl (C=O) groups is 1. The Kier molecular flexibility index (Phi) is 2.94. The Morgan fingerprint density at radius 3 is 3.00 bits per heavy atom. The summed E-state index contributed by atoms with van der Waals surface area (Å²) in [6, 6.07) is 4.53. The fraction of sp³-hybridized carbons (Fsp3) is 0.200. The zero-order valence-corrected chi connectivity index (χ0v) is 8.90. The molecule has 1 aromatic heterocycles. The minimum atomic E-state index is -0.523. The molecule has 1 unspecified atom stereocenters. The predicted octanol–water partition coefficient (Wildman–Crippen LogP) is -0.499. The molecule has 6 N–H and O–H groups in total. The number of hydrazine groups is 1. The number of fused-ring (bicyclic) bond motifs is 1. The van der Waals surface area contributed by atoms with Gasteiger partial charge in [0.2, 0.25) is 5.91 Å². The highest BCUT2D eigenvalue weighted by Crippen LogP contribution is 2.18. The molecule has 0 saturated carbocycles. The Balaban J connectivity index is 2.29. The van der Waals surface area contributed by atoms with Gasteiger partial charge in [0.1, 0.15) is 0 Å². The van der Waals surface area contributed by atoms with Gasteiger partial charge in [-0.15, -0.1) is 0 Å². The van der Waals surface area contributed by atoms with Crippen molar-refractivity contribution in [2.45, 2.75) is 12.5 Å². The van der Waals surface area contributed by atoms with Crippen LogP contribution in [-0.4, -0.2) is 10.9 Å². The van der Waals surface area contributed by atoms with Gasteiger partial charge < -0.3 is 10.2 Å². The van der Waals surface area contributed by atoms with Crippen molar-refractivity contribution in [3.8, 4) is 0 Å². The molecular weight excluding hydrogens is 224 g/mol. The standard InChI is InChI=1S/C10H12N4O3/c11-6(4-9(15)14-12)5-1-2-7-8(3-5)17-10(16)13-7/h1-3,6H,4,11-12H2,(H,13,16)(H,14,15). The van der Waals surface area contributed by atoms with E-state index in [-0.39, 0.29) is 12.3 Å². The lowest BCUT2D eigenvalue weighted by atomic mass is 10.0. The number of hydrogen-bond donors (Lipinski definition) is 4. The van der Waals surface area contributed by atoms with Gasteiger partial charge in [0, 0.05) is 12.5 Å². The summed E-state index contributed by atoms with van der Waals surface area (Å²) in [6.45, 7) is 0. The molecule has 0 bridgehead atoms. The molecule has 0 aliphatic rings. The molecule has 90 valence electrons. The summed E-state index contributed by atoms with van der Waals surface area (Å²) in [5, 5.41) is 0. The third kappa shape index (κ3) is 2.35. The van der Waals surface area contributed by atoms with Crippen LogP contribution >= 0.6 is 0 Å². The van der Waals surface area contributed by atoms with Gasteiger partial charge in [-0.05, 0) is 17.7 Å². The van der Waals surface area contributed by atoms with E-state index in [0.717, 1.165) is 0 Å². The highest BCUT2D eigenvalue weighted by molar-refractivity contribution is 5.77. The van der Waals surface area contributed by atoms with Crippen LogP contribution in [0.4, 0.5) is 0 Å². The molecular formula is C10H12N4O3. The maximum Gasteiger partial charge on any atom is 0.417 e. The van der Waals surface area contributed by atoms with Gasteiger partial charge in [-0.1, -0.05) is 6.07 Å². The number of oxazole rings is 1. The van der Waals surface area contributed by atoms with Crippen LogP contribution in [0.15, 0.2) is 27.4 Å². The molecule has 0 aliphatic carbocycles. The first kappa shape index (κ1) is 11.4. The van der Waals surface area contributed by atoms with Crippen molar-refractivity contribution in [3.63, 3.8) is 0 Å². The second-order valence-electron chi connectivity index (χ2n) is 3.65. The smallest absolute Gasteiger partial charge is 0.408 e. The van der Waals surface area contributed by atoms with Gasteiger partial charge >= 0.3 is 5.76 Å². The van der Waals surface area contributed by atoms with E-state index >= 15 is 0 Å². The maximum atomic E-state index is 11.1. The number of rotatable bonds is 3. The summed E-state index contributed by atoms with van der Waals surface area (Å²) in [5.41, 5.74) is 9.53. The Morgan fingerprint density at radius 2 is 2.29 bits per heavy atom. The molecule has 0 fully saturated rings. The van der Waals surface area contributed by atoms with Crippen molar-refractivity contribution in [2.24, 2.45) is 11.6 Å². The molecule has 0 aliphatic heterocycles. The Labute approximate surface area is 95.7 Å². The molecule has 0 spiro atoms. The number of amides is 1. The quantitative estimate of drug-likeness (QED) is 0.324. The third-order valence-corrected chi connectivity index (χ3v) is 2.44. The molecule has 1 atom stereocenters. The Bertz CT molecular complexity index is 601. The van der Waals surface area contributed by atoms with Crippen molar-refractivity contribution < 1.29 is 9.21 Å². The summed E-state index contributed by atoms with van der Waals surface area (Å²) < 4.78 is 4.90. The molecule has 1 aromatic carbocycles. The topological polar surface area (TPSA) is 127 Å². The molecule has 17 heavy (non-hydrogen) atoms. The normalized spacial score (nSPS) is 12.6. The second kappa shape index (κ2) is 4.40. The molecule has 1 amide bonds. The Morgan fingerprint density at radius 1 is 1.53 bits per heavy atom. The average molecular weight is 236 g/mol. The predicted molar refractivity (Wildman–Crippen MR) is 60.7 cm³/mol. The van der Waals surface area contributed by atoms with E-state index in [0.29, 0.717) is 16.7 Å². The summed E-state index contributed by atoms with van der Waals surface area (Å²) >= 11 is 0. The van der Waals surface area contributed by atoms with Gasteiger partial charge in [0.15, 0.2) is 5.58 Å². The van der Waals surface area contributed by atoms with E-state index in [1.807, 2.05) is 5.43 Å². The molecule has 7 heteroatoms. The lowest BCUT2D eigenvalue weighted by Gasteiger charge is -2.10. The SMILES string of the molecule is NNC(=O)CC(N)c1ccc2[nH]c(=O)oc2c1. The average Bonchev–Trinajstić information content (AvgIpc) is 2.67. The van der Waals surface area contributed by atoms with Crippen molar-refractivity contribution in [1.29, 1.82) is 0 Å². The van der Waals surface area contributed by atoms with Crippen LogP contribution in [0.25, 0.3) is 11.1 Å². The third-order valence-electron chi connectivity index (χ3n) is 2.44. The highest BCUT2D eigenvalue weighted by Gasteiger charge is 2.12. The fourth-order valence-electron chi connectivity index (χ4n) is 1.57. The number of carbonyl (C=O) groups excluding carboxylic acids is 1. The summed E-state index contributed by atoms with van der Waals surface area (Å²) in [7, 11) is 0. The van der Waals surface area contributed by atoms with E-state index in [4.69, 9.17) is 16.0 Å². The first-order valence-electron chi connectivity index (χ1n) is 4.98. The molecule has 0 radical (unpaired) electrons. The van der Waals surface area contributed by atoms with E-state index in [9.17, 15) is 9.59 Å². The second-order valence-corrected chi connectivity index (χ2v) is 3.65. The van der Waals surface area contributed by atoms with Gasteiger partial charge in [-0.2, -0.15) is 0 Å². The fourth-order valence-corrected chi connectivity index (χ4v) is 1.57. The van der Waals surface area contributed by atoms with Crippen LogP contribution in [0.2, 0.25) is 0 Å². The van der Waals surface area contributed by atoms with Crippen LogP contribution in [0.3, 0.4) is 0 Å². The summed E-state index contributed by atoms with van der Waals surface area (Å²) in [4.78, 5) is 24.5. The number of nitrogens with one attached hydrogen (secondary N) is 2. The van der Waals surface area contributed by atoms with Gasteiger partial charge in [-0.3, -0.25) is 15.2 Å². The monoisotopic (exact) mass is 236 g/mol. The minimum Gasteiger partial charge on any atom is -0.408 e. The van der Waals surface area contributed by atoms with Gasteiger partial charge in [0.25, 0.3) is 0 Å². The lowest BCUT2D eigenvalue weighted by Crippen LogP contribution is -2.32. The highest BCUT2D eigenvalue weighted by atomic mass is 16.4. The zero-order valence-electron chi connectivity index (χ0n) is 8.90. The van der Waals surface area contributed by atoms with Crippen LogP contribution < -0.4 is 22.8 Å². The van der Waals surface area contributed by atoms with Gasteiger partial charge in [0.05, 0.1) is 5.52 Å². The molecule has 1 heterocycles. The van der Waals surface area contributed by atoms with Crippen LogP contribution in [0.1, 0.15) is 18.0 Å². The number of benzene rings is 1. The van der Waals surface area contributed by atoms with Crippen LogP contribution in [0.5, 0.6) is 0 Å². The van der Waals surface area contributed by atoms with Crippen LogP contribution in [-0.2, 0) is 4.79 Å². The van der Waals surface area contributed by atoms with E-state index in [2.05, 4.69) is 4.98 Å². The maximum absolute atomic E-state index is 11.1. The number of hydrogen-bond acceptors (Lipinski definition) is 5. The molecule has 2 aromatic rings. The number of aromatic nitrogens is 1. The van der Waals surface area contributed by atoms with Gasteiger partial charge in [-0.25, -0.2) is 10.6 Å². The van der Waals surface area contributed by atoms with Crippen molar-refractivity contribution in [3.05, 3.63) is 34.3 Å². The lowest BCUT2D eigenvalue weighted by molar-refractivity contribution is -0.121. The van der Waals surface area contributed by atoms with Crippen molar-refractivity contribution >= 4 is 17.0 Å². The first-order valence-corrected chi connectivity index (χ1v) is 4.98. The Hall–Kier alpha value is -2.12. The number of H-pyrrole nitrogens is 1. The van der Waals surface area contributed by atoms with E-state index < -0.39 is 11.8 Å². The number of nitrogens with two attached hydrogens (primary N) is 2. The van der Waals surface area contributed by atoms with E-state index in [1.165, 1.54) is 0 Å². The molecule has 2 rings (SSSR count). The van der Waals surface area contributed by atoms with Crippen molar-refractivity contribution in [1.82, 2.24) is 10.4 Å². The summed E-state index contributed by atoms with van der Waals surface area (Å²) in [5.74, 6) is 4.10. The van der Waals surface area contributed by atoms with E-state index in [1.54, 1.807) is 18.2 Å². The molecule has 7 nitrogen and oxygen atoms in total. The minimum absolute atomic E-state index is 0.0661. The van der Waals surface area contributed by atoms with Crippen molar-refractivity contribution in [2.75, 3.05) is 0 Å². The largest absolute Gasteiger partial charge is 0.417 e.